The van der Waals surface area contributed by atoms with Crippen molar-refractivity contribution in [1.82, 2.24) is 4.57 Å². The van der Waals surface area contributed by atoms with Gasteiger partial charge in [-0.15, -0.1) is 0 Å². The molecule has 156 valence electrons. The lowest BCUT2D eigenvalue weighted by Crippen LogP contribution is -2.23. The van der Waals surface area contributed by atoms with Crippen molar-refractivity contribution in [1.29, 1.82) is 0 Å². The van der Waals surface area contributed by atoms with Gasteiger partial charge in [0.1, 0.15) is 0 Å². The van der Waals surface area contributed by atoms with E-state index in [2.05, 4.69) is 0 Å². The third kappa shape index (κ3) is 4.92. The first kappa shape index (κ1) is 21.9. The Morgan fingerprint density at radius 1 is 1.24 bits per heavy atom. The molecule has 0 aliphatic carbocycles. The summed E-state index contributed by atoms with van der Waals surface area (Å²) < 4.78 is 46.2. The molecule has 1 amide bonds. The zero-order valence-electron chi connectivity index (χ0n) is 15.8. The topological polar surface area (TPSA) is 103 Å². The first-order valence-electron chi connectivity index (χ1n) is 8.45. The van der Waals surface area contributed by atoms with Crippen molar-refractivity contribution in [3.05, 3.63) is 56.9 Å². The molecular weight excluding hydrogens is 395 g/mol. The molecule has 0 spiro atoms. The average molecular weight is 413 g/mol. The molecule has 0 saturated heterocycles. The number of halogens is 3. The third-order valence-corrected chi connectivity index (χ3v) is 4.24. The minimum Gasteiger partial charge on any atom is -0.452 e. The Morgan fingerprint density at radius 2 is 1.90 bits per heavy atom. The summed E-state index contributed by atoms with van der Waals surface area (Å²) in [5.74, 6) is -1.80. The molecule has 0 unspecified atom stereocenters. The molecule has 1 aromatic heterocycles. The average Bonchev–Trinajstić information content (AvgIpc) is 2.92. The molecule has 1 aromatic carbocycles. The van der Waals surface area contributed by atoms with Crippen molar-refractivity contribution in [3.63, 3.8) is 0 Å². The van der Waals surface area contributed by atoms with Crippen molar-refractivity contribution in [3.8, 4) is 0 Å². The van der Waals surface area contributed by atoms with Crippen LogP contribution in [-0.4, -0.2) is 28.0 Å². The molecule has 1 heterocycles. The first-order valence-corrected chi connectivity index (χ1v) is 8.45. The van der Waals surface area contributed by atoms with E-state index < -0.39 is 46.5 Å². The number of nitro benzene ring substituents is 1. The number of non-ortho nitro benzene ring substituents is 1. The van der Waals surface area contributed by atoms with Crippen LogP contribution in [0.4, 0.5) is 24.5 Å². The Kier molecular flexibility index (Phi) is 6.30. The summed E-state index contributed by atoms with van der Waals surface area (Å²) in [5.41, 5.74) is -1.10. The maximum atomic E-state index is 13.1. The van der Waals surface area contributed by atoms with E-state index in [0.29, 0.717) is 18.3 Å². The minimum atomic E-state index is -4.93. The van der Waals surface area contributed by atoms with Gasteiger partial charge in [-0.05, 0) is 32.9 Å². The molecule has 2 aromatic rings. The van der Waals surface area contributed by atoms with Crippen LogP contribution in [0.2, 0.25) is 0 Å². The Morgan fingerprint density at radius 3 is 2.41 bits per heavy atom. The monoisotopic (exact) mass is 413 g/mol. The number of nitrogens with one attached hydrogen (secondary N) is 1. The summed E-state index contributed by atoms with van der Waals surface area (Å²) in [4.78, 5) is 33.9. The van der Waals surface area contributed by atoms with E-state index >= 15 is 0 Å². The van der Waals surface area contributed by atoms with Gasteiger partial charge in [-0.1, -0.05) is 0 Å². The van der Waals surface area contributed by atoms with E-state index in [1.807, 2.05) is 16.8 Å². The molecule has 0 fully saturated rings. The predicted octanol–water partition coefficient (Wildman–Crippen LogP) is 3.85. The molecule has 0 radical (unpaired) electrons. The molecule has 29 heavy (non-hydrogen) atoms. The number of esters is 1. The fourth-order valence-electron chi connectivity index (χ4n) is 2.88. The number of hydrogen-bond acceptors (Lipinski definition) is 5. The molecule has 0 aliphatic heterocycles. The number of carbonyl (C=O) groups is 2. The number of aromatic nitrogens is 1. The smallest absolute Gasteiger partial charge is 0.418 e. The van der Waals surface area contributed by atoms with Gasteiger partial charge in [0.25, 0.3) is 11.6 Å². The molecule has 2 rings (SSSR count). The van der Waals surface area contributed by atoms with Crippen LogP contribution < -0.4 is 5.32 Å². The number of alkyl halides is 3. The second-order valence-electron chi connectivity index (χ2n) is 6.14. The van der Waals surface area contributed by atoms with Crippen LogP contribution in [0, 0.1) is 24.0 Å². The van der Waals surface area contributed by atoms with Crippen LogP contribution >= 0.6 is 0 Å². The highest BCUT2D eigenvalue weighted by atomic mass is 19.4. The summed E-state index contributed by atoms with van der Waals surface area (Å²) in [6.07, 6.45) is -4.93. The van der Waals surface area contributed by atoms with Crippen LogP contribution in [0.1, 0.15) is 34.2 Å². The van der Waals surface area contributed by atoms with Crippen molar-refractivity contribution in [2.45, 2.75) is 33.5 Å². The largest absolute Gasteiger partial charge is 0.452 e. The van der Waals surface area contributed by atoms with E-state index in [-0.39, 0.29) is 5.56 Å². The predicted molar refractivity (Wildman–Crippen MR) is 96.6 cm³/mol. The number of ether oxygens (including phenoxy) is 1. The summed E-state index contributed by atoms with van der Waals surface area (Å²) in [6.45, 7) is 5.21. The highest BCUT2D eigenvalue weighted by molar-refractivity contribution is 5.96. The van der Waals surface area contributed by atoms with E-state index in [1.165, 1.54) is 0 Å². The van der Waals surface area contributed by atoms with Gasteiger partial charge < -0.3 is 14.6 Å². The lowest BCUT2D eigenvalue weighted by Gasteiger charge is -2.13. The number of aryl methyl sites for hydroxylation is 1. The maximum absolute atomic E-state index is 13.1. The van der Waals surface area contributed by atoms with Gasteiger partial charge in [-0.3, -0.25) is 14.9 Å². The summed E-state index contributed by atoms with van der Waals surface area (Å²) in [6, 6.07) is 3.52. The Labute approximate surface area is 163 Å². The molecular formula is C18H18F3N3O5. The highest BCUT2D eigenvalue weighted by Crippen LogP contribution is 2.37. The van der Waals surface area contributed by atoms with Crippen molar-refractivity contribution >= 4 is 23.3 Å². The summed E-state index contributed by atoms with van der Waals surface area (Å²) in [7, 11) is 0. The van der Waals surface area contributed by atoms with Crippen LogP contribution in [0.15, 0.2) is 24.3 Å². The number of nitro groups is 1. The number of amides is 1. The third-order valence-electron chi connectivity index (χ3n) is 4.24. The van der Waals surface area contributed by atoms with E-state index in [9.17, 15) is 32.9 Å². The molecule has 8 nitrogen and oxygen atoms in total. The molecule has 0 saturated carbocycles. The summed E-state index contributed by atoms with van der Waals surface area (Å²) >= 11 is 0. The van der Waals surface area contributed by atoms with Crippen LogP contribution in [-0.2, 0) is 22.3 Å². The fourth-order valence-corrected chi connectivity index (χ4v) is 2.88. The highest BCUT2D eigenvalue weighted by Gasteiger charge is 2.35. The van der Waals surface area contributed by atoms with Crippen molar-refractivity contribution < 1.29 is 32.4 Å². The zero-order valence-corrected chi connectivity index (χ0v) is 15.8. The second kappa shape index (κ2) is 8.33. The number of hydrogen-bond donors (Lipinski definition) is 1. The summed E-state index contributed by atoms with van der Waals surface area (Å²) in [5, 5.41) is 12.7. The number of carbonyl (C=O) groups excluding carboxylic acids is 2. The zero-order chi connectivity index (χ0) is 21.9. The number of anilines is 1. The lowest BCUT2D eigenvalue weighted by molar-refractivity contribution is -0.385. The Bertz CT molecular complexity index is 966. The SMILES string of the molecule is CCn1c(C)cc(C(=O)OCC(=O)Nc2ccc([N+](=O)[O-])cc2C(F)(F)F)c1C. The van der Waals surface area contributed by atoms with Gasteiger partial charge >= 0.3 is 12.1 Å². The minimum absolute atomic E-state index is 0.253. The number of rotatable bonds is 6. The standard InChI is InChI=1S/C18H18F3N3O5/c1-4-23-10(2)7-13(11(23)3)17(26)29-9-16(25)22-15-6-5-12(24(27)28)8-14(15)18(19,20)21/h5-8H,4,9H2,1-3H3,(H,22,25). The number of benzene rings is 1. The molecule has 1 N–H and O–H groups in total. The quantitative estimate of drug-likeness (QED) is 0.440. The van der Waals surface area contributed by atoms with Gasteiger partial charge in [0.15, 0.2) is 6.61 Å². The second-order valence-corrected chi connectivity index (χ2v) is 6.14. The molecule has 0 aliphatic rings. The maximum Gasteiger partial charge on any atom is 0.418 e. The normalized spacial score (nSPS) is 11.2. The van der Waals surface area contributed by atoms with E-state index in [4.69, 9.17) is 4.74 Å². The lowest BCUT2D eigenvalue weighted by atomic mass is 10.1. The van der Waals surface area contributed by atoms with Crippen LogP contribution in [0.3, 0.4) is 0 Å². The molecule has 0 bridgehead atoms. The van der Waals surface area contributed by atoms with Crippen LogP contribution in [0.5, 0.6) is 0 Å². The van der Waals surface area contributed by atoms with Crippen molar-refractivity contribution in [2.24, 2.45) is 0 Å². The van der Waals surface area contributed by atoms with Crippen LogP contribution in [0.25, 0.3) is 0 Å². The number of nitrogens with zero attached hydrogens (tertiary/aromatic N) is 2. The first-order chi connectivity index (χ1) is 13.5. The van der Waals surface area contributed by atoms with Gasteiger partial charge in [-0.2, -0.15) is 13.2 Å². The molecule has 11 heteroatoms. The van der Waals surface area contributed by atoms with Gasteiger partial charge in [-0.25, -0.2) is 4.79 Å². The van der Waals surface area contributed by atoms with E-state index in [0.717, 1.165) is 17.8 Å². The van der Waals surface area contributed by atoms with Gasteiger partial charge in [0.05, 0.1) is 21.7 Å². The van der Waals surface area contributed by atoms with Gasteiger partial charge in [0.2, 0.25) is 0 Å². The van der Waals surface area contributed by atoms with Gasteiger partial charge in [0, 0.05) is 30.1 Å². The Hall–Kier alpha value is -3.37. The Balaban J connectivity index is 2.12. The molecule has 0 atom stereocenters. The fraction of sp³-hybridized carbons (Fsp3) is 0.333. The van der Waals surface area contributed by atoms with E-state index in [1.54, 1.807) is 19.9 Å². The van der Waals surface area contributed by atoms with Crippen molar-refractivity contribution in [2.75, 3.05) is 11.9 Å².